The molecule has 0 bridgehead atoms. The van der Waals surface area contributed by atoms with E-state index in [9.17, 15) is 14.7 Å². The van der Waals surface area contributed by atoms with Crippen molar-refractivity contribution in [2.24, 2.45) is 0 Å². The lowest BCUT2D eigenvalue weighted by Crippen LogP contribution is -2.53. The topological polar surface area (TPSA) is 72.8 Å². The highest BCUT2D eigenvalue weighted by molar-refractivity contribution is 5.88. The van der Waals surface area contributed by atoms with Crippen molar-refractivity contribution < 1.29 is 28.7 Å². The summed E-state index contributed by atoms with van der Waals surface area (Å²) >= 11 is 0. The van der Waals surface area contributed by atoms with Crippen LogP contribution in [0.15, 0.2) is 24.3 Å². The van der Waals surface area contributed by atoms with E-state index in [0.29, 0.717) is 6.61 Å². The van der Waals surface area contributed by atoms with Crippen LogP contribution in [0.25, 0.3) is 0 Å². The van der Waals surface area contributed by atoms with Gasteiger partial charge in [0.2, 0.25) is 0 Å². The third-order valence-corrected chi connectivity index (χ3v) is 3.30. The molecule has 24 heavy (non-hydrogen) atoms. The Labute approximate surface area is 145 Å². The van der Waals surface area contributed by atoms with Crippen LogP contribution in [0.1, 0.15) is 39.5 Å². The Hall–Kier alpha value is -1.66. The van der Waals surface area contributed by atoms with E-state index >= 15 is 0 Å². The summed E-state index contributed by atoms with van der Waals surface area (Å²) in [6.07, 6.45) is 4.43. The number of carbonyl (C=O) groups excluding carboxylic acids is 2. The normalized spacial score (nSPS) is 14.2. The number of unbranched alkanes of at least 4 members (excludes halogenated alkanes) is 2. The molecular weight excluding hydrogens is 310 g/mol. The van der Waals surface area contributed by atoms with E-state index in [2.05, 4.69) is 13.5 Å². The van der Waals surface area contributed by atoms with E-state index in [0.717, 1.165) is 19.3 Å². The van der Waals surface area contributed by atoms with Crippen LogP contribution in [0, 0.1) is 0 Å². The lowest BCUT2D eigenvalue weighted by atomic mass is 10.2. The predicted molar refractivity (Wildman–Crippen MR) is 93.0 cm³/mol. The Balaban J connectivity index is 4.33. The zero-order chi connectivity index (χ0) is 18.8. The lowest BCUT2D eigenvalue weighted by molar-refractivity contribution is -0.920. The lowest BCUT2D eigenvalue weighted by Gasteiger charge is -2.34. The van der Waals surface area contributed by atoms with E-state index in [1.54, 1.807) is 6.92 Å². The van der Waals surface area contributed by atoms with Crippen molar-refractivity contribution in [2.75, 3.05) is 27.7 Å². The van der Waals surface area contributed by atoms with Crippen LogP contribution in [0.5, 0.6) is 0 Å². The summed E-state index contributed by atoms with van der Waals surface area (Å²) in [5.74, 6) is -1.02. The Morgan fingerprint density at radius 1 is 1.25 bits per heavy atom. The molecule has 6 heteroatoms. The molecule has 0 aromatic carbocycles. The number of quaternary nitrogens is 1. The Morgan fingerprint density at radius 2 is 1.88 bits per heavy atom. The average molecular weight is 342 g/mol. The highest BCUT2D eigenvalue weighted by atomic mass is 16.6. The first-order valence-electron chi connectivity index (χ1n) is 8.30. The maximum atomic E-state index is 12.0. The van der Waals surface area contributed by atoms with Crippen LogP contribution in [0.3, 0.4) is 0 Å². The molecule has 0 saturated carbocycles. The second-order valence-corrected chi connectivity index (χ2v) is 6.74. The smallest absolute Gasteiger partial charge is 0.338 e. The quantitative estimate of drug-likeness (QED) is 0.205. The van der Waals surface area contributed by atoms with Gasteiger partial charge in [-0.3, -0.25) is 4.48 Å². The van der Waals surface area contributed by atoms with Crippen molar-refractivity contribution >= 4 is 11.9 Å². The van der Waals surface area contributed by atoms with Gasteiger partial charge < -0.3 is 14.6 Å². The summed E-state index contributed by atoms with van der Waals surface area (Å²) in [5, 5.41) is 9.75. The number of hydrogen-bond acceptors (Lipinski definition) is 5. The minimum Gasteiger partial charge on any atom is -0.463 e. The minimum atomic E-state index is -0.810. The maximum Gasteiger partial charge on any atom is 0.338 e. The maximum absolute atomic E-state index is 12.0. The van der Waals surface area contributed by atoms with Gasteiger partial charge in [-0.05, 0) is 19.8 Å². The predicted octanol–water partition coefficient (Wildman–Crippen LogP) is 2.18. The van der Waals surface area contributed by atoms with Crippen LogP contribution in [0.2, 0.25) is 0 Å². The molecule has 2 atom stereocenters. The first kappa shape index (κ1) is 22.3. The van der Waals surface area contributed by atoms with Gasteiger partial charge >= 0.3 is 11.9 Å². The van der Waals surface area contributed by atoms with Gasteiger partial charge in [0.25, 0.3) is 6.23 Å². The van der Waals surface area contributed by atoms with Crippen molar-refractivity contribution in [1.82, 2.24) is 0 Å². The summed E-state index contributed by atoms with van der Waals surface area (Å²) in [5.41, 5.74) is 0.212. The largest absolute Gasteiger partial charge is 0.463 e. The Morgan fingerprint density at radius 3 is 2.38 bits per heavy atom. The molecule has 0 amide bonds. The zero-order valence-corrected chi connectivity index (χ0v) is 15.6. The fraction of sp³-hybridized carbons (Fsp3) is 0.667. The van der Waals surface area contributed by atoms with Gasteiger partial charge in [-0.1, -0.05) is 32.4 Å². The number of aliphatic hydroxyl groups is 1. The molecule has 0 radical (unpaired) electrons. The number of nitrogens with zero attached hydrogens (tertiary/aromatic N) is 1. The standard InChI is InChI=1S/C18H32NO5/c1-7-8-9-13-23-16(21)12-10-11-14(2)18(22)24-17(15(3)20)19(4,5)6/h10,12,15,17,20H,2,7-9,11,13H2,1,3-6H3/q+1. The monoisotopic (exact) mass is 342 g/mol. The van der Waals surface area contributed by atoms with Crippen LogP contribution < -0.4 is 0 Å². The van der Waals surface area contributed by atoms with E-state index in [1.807, 2.05) is 21.1 Å². The van der Waals surface area contributed by atoms with Gasteiger partial charge in [0.15, 0.2) is 0 Å². The molecule has 0 aromatic rings. The van der Waals surface area contributed by atoms with Crippen molar-refractivity contribution in [2.45, 2.75) is 51.9 Å². The molecule has 0 fully saturated rings. The molecule has 0 aliphatic carbocycles. The second-order valence-electron chi connectivity index (χ2n) is 6.74. The number of aliphatic hydroxyl groups excluding tert-OH is 1. The number of carbonyl (C=O) groups is 2. The van der Waals surface area contributed by atoms with Crippen molar-refractivity contribution in [3.8, 4) is 0 Å². The van der Waals surface area contributed by atoms with Gasteiger partial charge in [-0.15, -0.1) is 0 Å². The van der Waals surface area contributed by atoms with Crippen LogP contribution in [-0.4, -0.2) is 61.6 Å². The number of ether oxygens (including phenoxy) is 2. The van der Waals surface area contributed by atoms with Gasteiger partial charge in [0, 0.05) is 11.6 Å². The molecule has 0 heterocycles. The summed E-state index contributed by atoms with van der Waals surface area (Å²) < 4.78 is 10.6. The van der Waals surface area contributed by atoms with Gasteiger partial charge in [-0.25, -0.2) is 9.59 Å². The molecule has 0 aromatic heterocycles. The molecular formula is C18H32NO5+. The second kappa shape index (κ2) is 11.0. The van der Waals surface area contributed by atoms with Gasteiger partial charge in [0.05, 0.1) is 27.7 Å². The van der Waals surface area contributed by atoms with Gasteiger partial charge in [-0.2, -0.15) is 0 Å². The molecule has 0 aliphatic heterocycles. The molecule has 0 saturated heterocycles. The number of likely N-dealkylation sites (N-methyl/N-ethyl adjacent to an activating group) is 1. The molecule has 0 spiro atoms. The third-order valence-electron chi connectivity index (χ3n) is 3.30. The van der Waals surface area contributed by atoms with Crippen molar-refractivity contribution in [3.63, 3.8) is 0 Å². The van der Waals surface area contributed by atoms with Gasteiger partial charge in [0.1, 0.15) is 6.10 Å². The third kappa shape index (κ3) is 9.47. The summed E-state index contributed by atoms with van der Waals surface area (Å²) in [7, 11) is 5.46. The van der Waals surface area contributed by atoms with E-state index in [-0.39, 0.29) is 16.5 Å². The number of esters is 2. The first-order chi connectivity index (χ1) is 11.1. The van der Waals surface area contributed by atoms with Crippen LogP contribution in [-0.2, 0) is 19.1 Å². The Bertz CT molecular complexity index is 449. The summed E-state index contributed by atoms with van der Waals surface area (Å²) in [6.45, 7) is 7.71. The van der Waals surface area contributed by atoms with Crippen LogP contribution in [0.4, 0.5) is 0 Å². The summed E-state index contributed by atoms with van der Waals surface area (Å²) in [4.78, 5) is 23.5. The molecule has 0 aliphatic rings. The Kier molecular flexibility index (Phi) is 10.2. The van der Waals surface area contributed by atoms with E-state index in [4.69, 9.17) is 9.47 Å². The van der Waals surface area contributed by atoms with Crippen LogP contribution >= 0.6 is 0 Å². The highest BCUT2D eigenvalue weighted by Gasteiger charge is 2.32. The number of allylic oxidation sites excluding steroid dienone is 1. The SMILES string of the molecule is C=C(CC=CC(=O)OCCCCC)C(=O)OC(C(C)O)[N+](C)(C)C. The highest BCUT2D eigenvalue weighted by Crippen LogP contribution is 2.13. The van der Waals surface area contributed by atoms with E-state index in [1.165, 1.54) is 12.2 Å². The average Bonchev–Trinajstić information content (AvgIpc) is 2.47. The zero-order valence-electron chi connectivity index (χ0n) is 15.6. The van der Waals surface area contributed by atoms with E-state index < -0.39 is 24.3 Å². The van der Waals surface area contributed by atoms with Crippen molar-refractivity contribution in [3.05, 3.63) is 24.3 Å². The summed E-state index contributed by atoms with van der Waals surface area (Å²) in [6, 6.07) is 0. The fourth-order valence-corrected chi connectivity index (χ4v) is 2.05. The molecule has 138 valence electrons. The van der Waals surface area contributed by atoms with Crippen molar-refractivity contribution in [1.29, 1.82) is 0 Å². The molecule has 2 unspecified atom stereocenters. The number of hydrogen-bond donors (Lipinski definition) is 1. The first-order valence-corrected chi connectivity index (χ1v) is 8.30. The fourth-order valence-electron chi connectivity index (χ4n) is 2.05. The molecule has 6 nitrogen and oxygen atoms in total. The molecule has 1 N–H and O–H groups in total. The minimum absolute atomic E-state index is 0.187. The molecule has 0 rings (SSSR count). The number of rotatable bonds is 11.